The smallest absolute Gasteiger partial charge is 0.306 e. The molecule has 0 unspecified atom stereocenters. The molecule has 1 rings (SSSR count). The molecule has 0 saturated carbocycles. The summed E-state index contributed by atoms with van der Waals surface area (Å²) in [6.45, 7) is 1.69. The summed E-state index contributed by atoms with van der Waals surface area (Å²) in [6.07, 6.45) is 1.80. The minimum absolute atomic E-state index is 0.360. The number of carbonyl (C=O) groups is 1. The van der Waals surface area contributed by atoms with Crippen LogP contribution in [-0.4, -0.2) is 17.3 Å². The van der Waals surface area contributed by atoms with Crippen LogP contribution in [-0.2, 0) is 11.2 Å². The van der Waals surface area contributed by atoms with Crippen molar-refractivity contribution >= 4 is 12.2 Å². The zero-order valence-electron chi connectivity index (χ0n) is 8.03. The molecule has 0 bridgehead atoms. The normalized spacial score (nSPS) is 12.1. The van der Waals surface area contributed by atoms with Crippen molar-refractivity contribution in [3.05, 3.63) is 35.4 Å². The number of carboxylic acid groups (broad SMARTS) is 1. The molecule has 14 heavy (non-hydrogen) atoms. The summed E-state index contributed by atoms with van der Waals surface area (Å²) in [6, 6.07) is 7.35. The van der Waals surface area contributed by atoms with Gasteiger partial charge in [-0.15, -0.1) is 0 Å². The molecule has 0 aliphatic heterocycles. The van der Waals surface area contributed by atoms with E-state index in [9.17, 15) is 4.79 Å². The van der Waals surface area contributed by atoms with Gasteiger partial charge in [0.25, 0.3) is 0 Å². The Hall–Kier alpha value is -1.64. The molecule has 0 heterocycles. The Balaban J connectivity index is 2.68. The molecule has 0 amide bonds. The van der Waals surface area contributed by atoms with Gasteiger partial charge in [0, 0.05) is 6.21 Å². The maximum atomic E-state index is 10.6. The van der Waals surface area contributed by atoms with E-state index in [0.29, 0.717) is 6.42 Å². The minimum atomic E-state index is -0.777. The predicted octanol–water partition coefficient (Wildman–Crippen LogP) is 1.95. The summed E-state index contributed by atoms with van der Waals surface area (Å²) >= 11 is 0. The average Bonchev–Trinajstić information content (AvgIpc) is 2.19. The molecular weight excluding hydrogens is 178 g/mol. The first-order valence-electron chi connectivity index (χ1n) is 4.45. The lowest BCUT2D eigenvalue weighted by molar-refractivity contribution is -0.141. The molecular formula is C11H13NO2. The van der Waals surface area contributed by atoms with Crippen LogP contribution >= 0.6 is 0 Å². The van der Waals surface area contributed by atoms with Crippen LogP contribution in [0.1, 0.15) is 18.1 Å². The Labute approximate surface area is 82.9 Å². The first kappa shape index (κ1) is 10.4. The first-order valence-corrected chi connectivity index (χ1v) is 4.45. The van der Waals surface area contributed by atoms with Crippen LogP contribution < -0.4 is 0 Å². The van der Waals surface area contributed by atoms with Crippen LogP contribution in [0.15, 0.2) is 24.3 Å². The number of hydrogen-bond acceptors (Lipinski definition) is 2. The van der Waals surface area contributed by atoms with Gasteiger partial charge >= 0.3 is 5.97 Å². The van der Waals surface area contributed by atoms with Crippen LogP contribution in [0.25, 0.3) is 0 Å². The third-order valence-corrected chi connectivity index (χ3v) is 2.11. The third kappa shape index (κ3) is 2.69. The second-order valence-corrected chi connectivity index (χ2v) is 3.33. The zero-order chi connectivity index (χ0) is 10.6. The molecule has 1 atom stereocenters. The van der Waals surface area contributed by atoms with Crippen molar-refractivity contribution in [3.8, 4) is 0 Å². The highest BCUT2D eigenvalue weighted by Crippen LogP contribution is 2.09. The Morgan fingerprint density at radius 2 is 2.07 bits per heavy atom. The number of benzene rings is 1. The molecule has 0 radical (unpaired) electrons. The van der Waals surface area contributed by atoms with Crippen LogP contribution in [0, 0.1) is 11.3 Å². The molecule has 0 aromatic heterocycles. The van der Waals surface area contributed by atoms with Gasteiger partial charge in [-0.2, -0.15) is 0 Å². The molecule has 0 spiro atoms. The highest BCUT2D eigenvalue weighted by atomic mass is 16.4. The van der Waals surface area contributed by atoms with Crippen molar-refractivity contribution in [1.29, 1.82) is 5.41 Å². The van der Waals surface area contributed by atoms with Crippen molar-refractivity contribution < 1.29 is 9.90 Å². The van der Waals surface area contributed by atoms with Gasteiger partial charge in [-0.05, 0) is 17.5 Å². The molecule has 0 fully saturated rings. The van der Waals surface area contributed by atoms with E-state index in [-0.39, 0.29) is 5.92 Å². The van der Waals surface area contributed by atoms with Crippen molar-refractivity contribution in [1.82, 2.24) is 0 Å². The maximum absolute atomic E-state index is 10.6. The van der Waals surface area contributed by atoms with Crippen LogP contribution in [0.2, 0.25) is 0 Å². The molecule has 1 aromatic carbocycles. The van der Waals surface area contributed by atoms with Crippen molar-refractivity contribution in [2.75, 3.05) is 0 Å². The van der Waals surface area contributed by atoms with Crippen molar-refractivity contribution in [2.45, 2.75) is 13.3 Å². The van der Waals surface area contributed by atoms with Gasteiger partial charge in [-0.1, -0.05) is 31.2 Å². The number of hydrogen-bond donors (Lipinski definition) is 2. The number of carboxylic acids is 1. The molecule has 2 N–H and O–H groups in total. The van der Waals surface area contributed by atoms with E-state index in [2.05, 4.69) is 0 Å². The number of rotatable bonds is 4. The highest BCUT2D eigenvalue weighted by Gasteiger charge is 2.10. The lowest BCUT2D eigenvalue weighted by Crippen LogP contribution is -2.12. The van der Waals surface area contributed by atoms with Gasteiger partial charge in [-0.25, -0.2) is 0 Å². The van der Waals surface area contributed by atoms with Crippen LogP contribution in [0.3, 0.4) is 0 Å². The van der Waals surface area contributed by atoms with E-state index in [1.807, 2.05) is 24.3 Å². The fourth-order valence-corrected chi connectivity index (χ4v) is 1.19. The topological polar surface area (TPSA) is 61.2 Å². The average molecular weight is 191 g/mol. The molecule has 1 aromatic rings. The Bertz CT molecular complexity index is 330. The summed E-state index contributed by atoms with van der Waals surface area (Å²) in [5.41, 5.74) is 1.82. The van der Waals surface area contributed by atoms with E-state index < -0.39 is 5.97 Å². The fraction of sp³-hybridized carbons (Fsp3) is 0.273. The van der Waals surface area contributed by atoms with Gasteiger partial charge in [0.1, 0.15) is 0 Å². The van der Waals surface area contributed by atoms with Crippen LogP contribution in [0.5, 0.6) is 0 Å². The lowest BCUT2D eigenvalue weighted by atomic mass is 10.0. The zero-order valence-corrected chi connectivity index (χ0v) is 8.03. The number of nitrogens with one attached hydrogen (secondary N) is 1. The Morgan fingerprint density at radius 3 is 2.50 bits per heavy atom. The highest BCUT2D eigenvalue weighted by molar-refractivity contribution is 5.76. The van der Waals surface area contributed by atoms with Gasteiger partial charge in [-0.3, -0.25) is 4.79 Å². The quantitative estimate of drug-likeness (QED) is 0.714. The molecule has 3 nitrogen and oxygen atoms in total. The molecule has 74 valence electrons. The lowest BCUT2D eigenvalue weighted by Gasteiger charge is -2.05. The molecule has 3 heteroatoms. The third-order valence-electron chi connectivity index (χ3n) is 2.11. The number of aliphatic carboxylic acids is 1. The van der Waals surface area contributed by atoms with Gasteiger partial charge in [0.15, 0.2) is 0 Å². The predicted molar refractivity (Wildman–Crippen MR) is 54.8 cm³/mol. The Morgan fingerprint density at radius 1 is 1.50 bits per heavy atom. The second-order valence-electron chi connectivity index (χ2n) is 3.33. The summed E-state index contributed by atoms with van der Waals surface area (Å²) in [4.78, 5) is 10.6. The second kappa shape index (κ2) is 4.56. The summed E-state index contributed by atoms with van der Waals surface area (Å²) in [5.74, 6) is -1.14. The molecule has 0 saturated heterocycles. The molecule has 0 aliphatic rings. The summed E-state index contributed by atoms with van der Waals surface area (Å²) in [5, 5.41) is 15.7. The molecule has 0 aliphatic carbocycles. The van der Waals surface area contributed by atoms with Gasteiger partial charge < -0.3 is 10.5 Å². The largest absolute Gasteiger partial charge is 0.481 e. The van der Waals surface area contributed by atoms with E-state index in [0.717, 1.165) is 11.1 Å². The van der Waals surface area contributed by atoms with Gasteiger partial charge in [0.2, 0.25) is 0 Å². The summed E-state index contributed by atoms with van der Waals surface area (Å²) < 4.78 is 0. The van der Waals surface area contributed by atoms with E-state index in [1.54, 1.807) is 6.92 Å². The fourth-order valence-electron chi connectivity index (χ4n) is 1.19. The SMILES string of the molecule is C[C@@H](Cc1ccc(C=N)cc1)C(=O)O. The van der Waals surface area contributed by atoms with E-state index >= 15 is 0 Å². The van der Waals surface area contributed by atoms with Crippen molar-refractivity contribution in [2.24, 2.45) is 5.92 Å². The first-order chi connectivity index (χ1) is 6.63. The van der Waals surface area contributed by atoms with E-state index in [4.69, 9.17) is 10.5 Å². The minimum Gasteiger partial charge on any atom is -0.481 e. The van der Waals surface area contributed by atoms with Crippen molar-refractivity contribution in [3.63, 3.8) is 0 Å². The van der Waals surface area contributed by atoms with Gasteiger partial charge in [0.05, 0.1) is 5.92 Å². The Kier molecular flexibility index (Phi) is 3.40. The van der Waals surface area contributed by atoms with Crippen LogP contribution in [0.4, 0.5) is 0 Å². The standard InChI is InChI=1S/C11H13NO2/c1-8(11(13)14)6-9-2-4-10(7-12)5-3-9/h2-5,7-8,12H,6H2,1H3,(H,13,14)/t8-/m0/s1. The van der Waals surface area contributed by atoms with E-state index in [1.165, 1.54) is 6.21 Å². The monoisotopic (exact) mass is 191 g/mol. The summed E-state index contributed by atoms with van der Waals surface area (Å²) in [7, 11) is 0. The maximum Gasteiger partial charge on any atom is 0.306 e.